The van der Waals surface area contributed by atoms with E-state index < -0.39 is 0 Å². The average molecular weight is 404 g/mol. The van der Waals surface area contributed by atoms with Gasteiger partial charge in [-0.15, -0.1) is 0 Å². The maximum atomic E-state index is 12.8. The van der Waals surface area contributed by atoms with E-state index in [4.69, 9.17) is 23.4 Å². The Balaban J connectivity index is 1.52. The first-order chi connectivity index (χ1) is 14.7. The SMILES string of the molecule is COc1ccc(COc2ccc3c(=O)c(Oc4cccc(OC)c4)coc3c2)cc1. The summed E-state index contributed by atoms with van der Waals surface area (Å²) >= 11 is 0. The van der Waals surface area contributed by atoms with Crippen molar-refractivity contribution < 1.29 is 23.4 Å². The number of fused-ring (bicyclic) bond motifs is 1. The van der Waals surface area contributed by atoms with Crippen LogP contribution in [-0.2, 0) is 6.61 Å². The Kier molecular flexibility index (Phi) is 5.57. The summed E-state index contributed by atoms with van der Waals surface area (Å²) in [6, 6.07) is 19.7. The Hall–Kier alpha value is -3.93. The summed E-state index contributed by atoms with van der Waals surface area (Å²) in [5, 5.41) is 0.409. The summed E-state index contributed by atoms with van der Waals surface area (Å²) in [6.07, 6.45) is 1.30. The minimum absolute atomic E-state index is 0.0997. The fraction of sp³-hybridized carbons (Fsp3) is 0.125. The van der Waals surface area contributed by atoms with Crippen molar-refractivity contribution in [2.75, 3.05) is 14.2 Å². The molecule has 0 aliphatic carbocycles. The Morgan fingerprint density at radius 2 is 1.53 bits per heavy atom. The minimum atomic E-state index is -0.263. The van der Waals surface area contributed by atoms with Crippen LogP contribution < -0.4 is 24.4 Å². The van der Waals surface area contributed by atoms with Crippen molar-refractivity contribution in [1.29, 1.82) is 0 Å². The van der Waals surface area contributed by atoms with E-state index in [1.807, 2.05) is 24.3 Å². The predicted octanol–water partition coefficient (Wildman–Crippen LogP) is 5.18. The number of benzene rings is 3. The third kappa shape index (κ3) is 4.22. The molecular formula is C24H20O6. The number of ether oxygens (including phenoxy) is 4. The van der Waals surface area contributed by atoms with Crippen LogP contribution in [0.25, 0.3) is 11.0 Å². The molecule has 0 bridgehead atoms. The summed E-state index contributed by atoms with van der Waals surface area (Å²) in [7, 11) is 3.19. The molecule has 1 heterocycles. The molecule has 4 rings (SSSR count). The van der Waals surface area contributed by atoms with Crippen LogP contribution in [0.3, 0.4) is 0 Å². The van der Waals surface area contributed by atoms with Gasteiger partial charge in [0.1, 0.15) is 41.5 Å². The first kappa shape index (κ1) is 19.4. The molecule has 1 aromatic heterocycles. The molecule has 0 N–H and O–H groups in total. The van der Waals surface area contributed by atoms with Crippen molar-refractivity contribution in [3.8, 4) is 28.7 Å². The van der Waals surface area contributed by atoms with E-state index in [0.29, 0.717) is 34.8 Å². The van der Waals surface area contributed by atoms with E-state index in [1.165, 1.54) is 6.26 Å². The Labute approximate surface area is 173 Å². The molecule has 0 saturated heterocycles. The van der Waals surface area contributed by atoms with Gasteiger partial charge < -0.3 is 23.4 Å². The zero-order valence-electron chi connectivity index (χ0n) is 16.6. The van der Waals surface area contributed by atoms with Crippen LogP contribution >= 0.6 is 0 Å². The quantitative estimate of drug-likeness (QED) is 0.423. The van der Waals surface area contributed by atoms with Gasteiger partial charge in [-0.1, -0.05) is 18.2 Å². The molecule has 0 atom stereocenters. The second-order valence-electron chi connectivity index (χ2n) is 6.50. The highest BCUT2D eigenvalue weighted by molar-refractivity contribution is 5.79. The van der Waals surface area contributed by atoms with Crippen molar-refractivity contribution in [2.45, 2.75) is 6.61 Å². The van der Waals surface area contributed by atoms with Gasteiger partial charge in [-0.2, -0.15) is 0 Å². The maximum Gasteiger partial charge on any atom is 0.235 e. The van der Waals surface area contributed by atoms with Crippen LogP contribution in [0.4, 0.5) is 0 Å². The van der Waals surface area contributed by atoms with Crippen molar-refractivity contribution >= 4 is 11.0 Å². The summed E-state index contributed by atoms with van der Waals surface area (Å²) in [5.41, 5.74) is 1.16. The number of methoxy groups -OCH3 is 2. The molecule has 0 spiro atoms. The van der Waals surface area contributed by atoms with Gasteiger partial charge in [-0.3, -0.25) is 4.79 Å². The van der Waals surface area contributed by atoms with Crippen molar-refractivity contribution in [3.05, 3.63) is 88.8 Å². The summed E-state index contributed by atoms with van der Waals surface area (Å²) in [5.74, 6) is 2.61. The Bertz CT molecular complexity index is 1210. The summed E-state index contributed by atoms with van der Waals surface area (Å²) in [6.45, 7) is 0.386. The lowest BCUT2D eigenvalue weighted by Crippen LogP contribution is -2.05. The predicted molar refractivity (Wildman–Crippen MR) is 113 cm³/mol. The number of rotatable bonds is 7. The lowest BCUT2D eigenvalue weighted by Gasteiger charge is -2.09. The normalized spacial score (nSPS) is 10.6. The third-order valence-corrected chi connectivity index (χ3v) is 4.55. The van der Waals surface area contributed by atoms with Crippen molar-refractivity contribution in [2.24, 2.45) is 0 Å². The van der Waals surface area contributed by atoms with Gasteiger partial charge >= 0.3 is 0 Å². The molecule has 4 aromatic rings. The molecule has 6 nitrogen and oxygen atoms in total. The van der Waals surface area contributed by atoms with Crippen LogP contribution in [0.5, 0.6) is 28.7 Å². The maximum absolute atomic E-state index is 12.8. The Morgan fingerprint density at radius 3 is 2.30 bits per heavy atom. The van der Waals surface area contributed by atoms with E-state index in [0.717, 1.165) is 11.3 Å². The van der Waals surface area contributed by atoms with Crippen LogP contribution in [0.2, 0.25) is 0 Å². The zero-order chi connectivity index (χ0) is 20.9. The molecule has 152 valence electrons. The molecule has 0 unspecified atom stereocenters. The van der Waals surface area contributed by atoms with Gasteiger partial charge in [0.2, 0.25) is 11.2 Å². The lowest BCUT2D eigenvalue weighted by molar-refractivity contribution is 0.306. The fourth-order valence-corrected chi connectivity index (χ4v) is 2.93. The van der Waals surface area contributed by atoms with E-state index in [9.17, 15) is 4.79 Å². The Morgan fingerprint density at radius 1 is 0.800 bits per heavy atom. The van der Waals surface area contributed by atoms with Gasteiger partial charge in [0, 0.05) is 12.1 Å². The molecule has 30 heavy (non-hydrogen) atoms. The van der Waals surface area contributed by atoms with Gasteiger partial charge in [0.15, 0.2) is 0 Å². The molecule has 3 aromatic carbocycles. The van der Waals surface area contributed by atoms with Crippen molar-refractivity contribution in [1.82, 2.24) is 0 Å². The molecule has 0 amide bonds. The van der Waals surface area contributed by atoms with Gasteiger partial charge in [0.25, 0.3) is 0 Å². The molecule has 0 radical (unpaired) electrons. The molecule has 0 aliphatic heterocycles. The average Bonchev–Trinajstić information content (AvgIpc) is 2.80. The van der Waals surface area contributed by atoms with Crippen LogP contribution in [0.1, 0.15) is 5.56 Å². The zero-order valence-corrected chi connectivity index (χ0v) is 16.6. The topological polar surface area (TPSA) is 67.1 Å². The second-order valence-corrected chi connectivity index (χ2v) is 6.50. The molecular weight excluding hydrogens is 384 g/mol. The van der Waals surface area contributed by atoms with E-state index >= 15 is 0 Å². The highest BCUT2D eigenvalue weighted by Gasteiger charge is 2.11. The van der Waals surface area contributed by atoms with Gasteiger partial charge in [0.05, 0.1) is 19.6 Å². The monoisotopic (exact) mass is 404 g/mol. The fourth-order valence-electron chi connectivity index (χ4n) is 2.93. The van der Waals surface area contributed by atoms with E-state index in [1.54, 1.807) is 56.7 Å². The van der Waals surface area contributed by atoms with Crippen LogP contribution in [0.15, 0.2) is 82.2 Å². The van der Waals surface area contributed by atoms with E-state index in [2.05, 4.69) is 0 Å². The smallest absolute Gasteiger partial charge is 0.235 e. The van der Waals surface area contributed by atoms with E-state index in [-0.39, 0.29) is 11.2 Å². The molecule has 0 fully saturated rings. The lowest BCUT2D eigenvalue weighted by atomic mass is 10.2. The molecule has 0 aliphatic rings. The summed E-state index contributed by atoms with van der Waals surface area (Å²) in [4.78, 5) is 12.8. The molecule has 0 saturated carbocycles. The minimum Gasteiger partial charge on any atom is -0.497 e. The standard InChI is InChI=1S/C24H20O6/c1-26-17-8-6-16(7-9-17)14-28-19-10-11-21-22(13-19)29-15-23(24(21)25)30-20-5-3-4-18(12-20)27-2/h3-13,15H,14H2,1-2H3. The number of hydrogen-bond donors (Lipinski definition) is 0. The summed E-state index contributed by atoms with van der Waals surface area (Å²) < 4.78 is 27.4. The van der Waals surface area contributed by atoms with Crippen LogP contribution in [-0.4, -0.2) is 14.2 Å². The number of hydrogen-bond acceptors (Lipinski definition) is 6. The third-order valence-electron chi connectivity index (χ3n) is 4.55. The largest absolute Gasteiger partial charge is 0.497 e. The van der Waals surface area contributed by atoms with Gasteiger partial charge in [-0.05, 0) is 42.0 Å². The first-order valence-corrected chi connectivity index (χ1v) is 9.29. The first-order valence-electron chi connectivity index (χ1n) is 9.29. The molecule has 6 heteroatoms. The highest BCUT2D eigenvalue weighted by atomic mass is 16.5. The van der Waals surface area contributed by atoms with Gasteiger partial charge in [-0.25, -0.2) is 0 Å². The highest BCUT2D eigenvalue weighted by Crippen LogP contribution is 2.26. The van der Waals surface area contributed by atoms with Crippen molar-refractivity contribution in [3.63, 3.8) is 0 Å². The van der Waals surface area contributed by atoms with Crippen LogP contribution in [0, 0.1) is 0 Å². The second kappa shape index (κ2) is 8.61.